The van der Waals surface area contributed by atoms with E-state index in [4.69, 9.17) is 22.9 Å². The molecule has 0 fully saturated rings. The van der Waals surface area contributed by atoms with E-state index in [-0.39, 0.29) is 52.3 Å². The van der Waals surface area contributed by atoms with Gasteiger partial charge in [0.1, 0.15) is 16.3 Å². The molecule has 41 heavy (non-hydrogen) atoms. The third-order valence-corrected chi connectivity index (χ3v) is 6.10. The summed E-state index contributed by atoms with van der Waals surface area (Å²) in [5.74, 6) is 0. The molecule has 10 N–H and O–H groups in total. The van der Waals surface area contributed by atoms with Gasteiger partial charge >= 0.3 is 29.6 Å². The molecular formula is C25H23N10NaO4S. The summed E-state index contributed by atoms with van der Waals surface area (Å²) in [6.07, 6.45) is 0. The minimum atomic E-state index is -4.59. The molecule has 0 heterocycles. The van der Waals surface area contributed by atoms with E-state index in [1.165, 1.54) is 6.07 Å². The Morgan fingerprint density at radius 1 is 0.707 bits per heavy atom. The number of nitrogen functional groups attached to an aromatic ring is 4. The van der Waals surface area contributed by atoms with Gasteiger partial charge in [0.05, 0.1) is 40.1 Å². The van der Waals surface area contributed by atoms with E-state index in [2.05, 4.69) is 30.8 Å². The Kier molecular flexibility index (Phi) is 9.99. The fourth-order valence-electron chi connectivity index (χ4n) is 3.34. The quantitative estimate of drug-likeness (QED) is 0.0461. The van der Waals surface area contributed by atoms with Crippen LogP contribution in [0, 0.1) is 0 Å². The number of nitrogens with zero attached hydrogens (tertiary/aromatic N) is 5. The van der Waals surface area contributed by atoms with Crippen LogP contribution in [0.15, 0.2) is 109 Å². The molecule has 14 nitrogen and oxygen atoms in total. The number of benzene rings is 4. The molecule has 204 valence electrons. The third kappa shape index (κ3) is 8.47. The predicted molar refractivity (Wildman–Crippen MR) is 152 cm³/mol. The van der Waals surface area contributed by atoms with Gasteiger partial charge in [-0.3, -0.25) is 4.55 Å². The van der Waals surface area contributed by atoms with Crippen molar-refractivity contribution in [1.82, 2.24) is 0 Å². The summed E-state index contributed by atoms with van der Waals surface area (Å²) >= 11 is 0. The summed E-state index contributed by atoms with van der Waals surface area (Å²) in [5, 5.41) is 31.4. The molecule has 0 spiro atoms. The van der Waals surface area contributed by atoms with Crippen molar-refractivity contribution >= 4 is 73.0 Å². The largest absolute Gasteiger partial charge is 1.00 e. The summed E-state index contributed by atoms with van der Waals surface area (Å²) in [4.78, 5) is 3.46. The topological polar surface area (TPSA) is 255 Å². The molecular weight excluding hydrogens is 559 g/mol. The smallest absolute Gasteiger partial charge is 0.846 e. The van der Waals surface area contributed by atoms with Gasteiger partial charge in [-0.25, -0.2) is 4.99 Å². The van der Waals surface area contributed by atoms with Gasteiger partial charge in [-0.15, -0.1) is 10.2 Å². The zero-order valence-electron chi connectivity index (χ0n) is 21.6. The number of hydrogen-bond donors (Lipinski definition) is 6. The Labute approximate surface area is 257 Å². The molecule has 0 aliphatic rings. The molecule has 4 aromatic rings. The second-order valence-corrected chi connectivity index (χ2v) is 9.64. The molecule has 16 heteroatoms. The summed E-state index contributed by atoms with van der Waals surface area (Å²) in [6, 6.07) is 19.3. The third-order valence-electron chi connectivity index (χ3n) is 5.19. The number of aliphatic imine (C=N–C) groups is 1. The molecule has 4 aromatic carbocycles. The van der Waals surface area contributed by atoms with Gasteiger partial charge in [0.15, 0.2) is 0 Å². The van der Waals surface area contributed by atoms with E-state index in [0.717, 1.165) is 12.1 Å². The average molecular weight is 583 g/mol. The van der Waals surface area contributed by atoms with Crippen molar-refractivity contribution < 1.29 is 47.6 Å². The zero-order chi connectivity index (χ0) is 28.9. The van der Waals surface area contributed by atoms with E-state index >= 15 is 0 Å². The Hall–Kier alpha value is -4.54. The molecule has 0 radical (unpaired) electrons. The first-order valence-electron chi connectivity index (χ1n) is 11.4. The number of amidine groups is 1. The maximum absolute atomic E-state index is 12.5. The van der Waals surface area contributed by atoms with Crippen molar-refractivity contribution in [1.29, 1.82) is 0 Å². The average Bonchev–Trinajstić information content (AvgIpc) is 2.87. The van der Waals surface area contributed by atoms with Gasteiger partial charge in [0.25, 0.3) is 10.1 Å². The fourth-order valence-corrected chi connectivity index (χ4v) is 3.96. The van der Waals surface area contributed by atoms with Crippen LogP contribution in [0.4, 0.5) is 56.9 Å². The van der Waals surface area contributed by atoms with Crippen molar-refractivity contribution in [2.45, 2.75) is 4.90 Å². The maximum atomic E-state index is 12.5. The zero-order valence-corrected chi connectivity index (χ0v) is 24.4. The summed E-state index contributed by atoms with van der Waals surface area (Å²) in [7, 11) is -4.59. The second-order valence-electron chi connectivity index (χ2n) is 8.25. The Balaban J connectivity index is 0.00000462. The molecule has 0 unspecified atom stereocenters. The monoisotopic (exact) mass is 582 g/mol. The fraction of sp³-hybridized carbons (Fsp3) is 0. The van der Waals surface area contributed by atoms with Gasteiger partial charge in [0.2, 0.25) is 0 Å². The van der Waals surface area contributed by atoms with Gasteiger partial charge in [0, 0.05) is 11.4 Å². The van der Waals surface area contributed by atoms with Crippen LogP contribution in [0.5, 0.6) is 0 Å². The molecule has 0 aromatic heterocycles. The molecule has 0 amide bonds. The normalized spacial score (nSPS) is 12.0. The van der Waals surface area contributed by atoms with Gasteiger partial charge < -0.3 is 33.4 Å². The number of rotatable bonds is 7. The maximum Gasteiger partial charge on any atom is 1.00 e. The van der Waals surface area contributed by atoms with Crippen molar-refractivity contribution in [3.8, 4) is 0 Å². The number of nitrogens with two attached hydrogens (primary N) is 4. The van der Waals surface area contributed by atoms with Crippen LogP contribution >= 0.6 is 0 Å². The summed E-state index contributed by atoms with van der Waals surface area (Å²) < 4.78 is 32.3. The summed E-state index contributed by atoms with van der Waals surface area (Å²) in [6.45, 7) is 0. The number of hydrogen-bond acceptors (Lipinski definition) is 12. The van der Waals surface area contributed by atoms with Gasteiger partial charge in [-0.1, -0.05) is 12.1 Å². The SMILES string of the molecule is Nc1ccc(N=Nc2cccc(NC([O-])=Nc3cccc(N=Nc4cc(S(=O)(=O)O)c(N)cc4N)c3)c2)c(N)c1.[Na+]. The van der Waals surface area contributed by atoms with E-state index in [0.29, 0.717) is 34.1 Å². The molecule has 0 bridgehead atoms. The van der Waals surface area contributed by atoms with Gasteiger partial charge in [-0.2, -0.15) is 18.6 Å². The van der Waals surface area contributed by atoms with Crippen molar-refractivity contribution in [2.24, 2.45) is 25.4 Å². The number of anilines is 5. The van der Waals surface area contributed by atoms with Crippen molar-refractivity contribution in [2.75, 3.05) is 28.3 Å². The Bertz CT molecular complexity index is 1780. The molecule has 0 atom stereocenters. The van der Waals surface area contributed by atoms with Crippen molar-refractivity contribution in [3.05, 3.63) is 78.9 Å². The minimum absolute atomic E-state index is 0. The van der Waals surface area contributed by atoms with E-state index in [1.54, 1.807) is 60.7 Å². The number of nitrogens with one attached hydrogen (secondary N) is 1. The standard InChI is InChI=1S/C25H24N10O4S.Na/c26-14-7-8-22(19(27)9-14)34-32-17-5-1-3-15(10-17)30-25(36)31-16-4-2-6-18(11-16)33-35-23-13-24(40(37,38)39)21(29)12-20(23)28;/h1-13H,26-29H2,(H2,30,31,36)(H,37,38,39);/q;+1/p-1. The van der Waals surface area contributed by atoms with E-state index in [1.807, 2.05) is 0 Å². The van der Waals surface area contributed by atoms with Crippen LogP contribution in [0.1, 0.15) is 0 Å². The van der Waals surface area contributed by atoms with Crippen molar-refractivity contribution in [3.63, 3.8) is 0 Å². The van der Waals surface area contributed by atoms with Crippen LogP contribution < -0.4 is 62.9 Å². The molecule has 0 aliphatic carbocycles. The van der Waals surface area contributed by atoms with Gasteiger partial charge in [-0.05, 0) is 66.7 Å². The molecule has 0 aliphatic heterocycles. The minimum Gasteiger partial charge on any atom is -0.846 e. The van der Waals surface area contributed by atoms with Crippen LogP contribution in [-0.2, 0) is 10.1 Å². The predicted octanol–water partition coefficient (Wildman–Crippen LogP) is 1.56. The molecule has 4 rings (SSSR count). The van der Waals surface area contributed by atoms with E-state index < -0.39 is 21.0 Å². The first-order valence-corrected chi connectivity index (χ1v) is 12.8. The van der Waals surface area contributed by atoms with Crippen LogP contribution in [-0.4, -0.2) is 19.0 Å². The Morgan fingerprint density at radius 2 is 1.32 bits per heavy atom. The summed E-state index contributed by atoms with van der Waals surface area (Å²) in [5.41, 5.74) is 25.6. The second kappa shape index (κ2) is 13.2. The van der Waals surface area contributed by atoms with Crippen LogP contribution in [0.2, 0.25) is 0 Å². The first kappa shape index (κ1) is 31.0. The Morgan fingerprint density at radius 3 is 2.00 bits per heavy atom. The van der Waals surface area contributed by atoms with Crippen LogP contribution in [0.3, 0.4) is 0 Å². The van der Waals surface area contributed by atoms with Crippen LogP contribution in [0.25, 0.3) is 0 Å². The molecule has 0 saturated heterocycles. The van der Waals surface area contributed by atoms with E-state index in [9.17, 15) is 18.1 Å². The number of azo groups is 2. The first-order chi connectivity index (χ1) is 19.0. The molecule has 0 saturated carbocycles.